The van der Waals surface area contributed by atoms with Gasteiger partial charge in [-0.05, 0) is 53.6 Å². The molecule has 0 aliphatic rings. The van der Waals surface area contributed by atoms with Gasteiger partial charge in [0.05, 0.1) is 6.21 Å². The molecule has 31 heavy (non-hydrogen) atoms. The second-order valence-corrected chi connectivity index (χ2v) is 7.32. The van der Waals surface area contributed by atoms with Crippen LogP contribution >= 0.6 is 23.2 Å². The van der Waals surface area contributed by atoms with Crippen LogP contribution in [0.1, 0.15) is 16.7 Å². The lowest BCUT2D eigenvalue weighted by Crippen LogP contribution is -2.03. The molecule has 8 heteroatoms. The number of hydrogen-bond donors (Lipinski definition) is 1. The van der Waals surface area contributed by atoms with Crippen LogP contribution in [0.5, 0.6) is 11.5 Å². The quantitative estimate of drug-likeness (QED) is 0.316. The average molecular weight is 460 g/mol. The molecule has 6 nitrogen and oxygen atoms in total. The van der Waals surface area contributed by atoms with Crippen molar-refractivity contribution in [3.8, 4) is 11.5 Å². The highest BCUT2D eigenvalue weighted by Crippen LogP contribution is 2.30. The summed E-state index contributed by atoms with van der Waals surface area (Å²) in [5, 5.41) is 13.5. The molecule has 0 atom stereocenters. The zero-order valence-corrected chi connectivity index (χ0v) is 17.8. The van der Waals surface area contributed by atoms with Crippen molar-refractivity contribution in [2.24, 2.45) is 5.16 Å². The fourth-order valence-corrected chi connectivity index (χ4v) is 3.03. The van der Waals surface area contributed by atoms with E-state index in [0.29, 0.717) is 33.7 Å². The van der Waals surface area contributed by atoms with Gasteiger partial charge in [-0.1, -0.05) is 52.6 Å². The third-order valence-electron chi connectivity index (χ3n) is 4.00. The van der Waals surface area contributed by atoms with E-state index in [1.54, 1.807) is 30.3 Å². The number of halogens is 2. The molecule has 3 rings (SSSR count). The van der Waals surface area contributed by atoms with Crippen LogP contribution in [-0.4, -0.2) is 23.9 Å². The Labute approximate surface area is 189 Å². The third-order valence-corrected chi connectivity index (χ3v) is 4.47. The van der Waals surface area contributed by atoms with E-state index in [0.717, 1.165) is 11.1 Å². The van der Waals surface area contributed by atoms with Crippen LogP contribution in [-0.2, 0) is 22.8 Å². The zero-order chi connectivity index (χ0) is 22.1. The molecule has 1 N–H and O–H groups in total. The Hall–Kier alpha value is -3.22. The maximum absolute atomic E-state index is 10.5. The first-order valence-corrected chi connectivity index (χ1v) is 10.0. The van der Waals surface area contributed by atoms with Crippen molar-refractivity contribution in [1.82, 2.24) is 0 Å². The lowest BCUT2D eigenvalue weighted by atomic mass is 10.2. The van der Waals surface area contributed by atoms with Crippen molar-refractivity contribution in [3.63, 3.8) is 0 Å². The standard InChI is InChI=1S/C23H19Cl2NO5/c24-19-5-1-3-17(9-19)13-29-21-8-7-16(12-26-31-15-23(27)28)11-22(21)30-14-18-4-2-6-20(25)10-18/h1-12H,13-15H2,(H,27,28). The molecule has 0 radical (unpaired) electrons. The van der Waals surface area contributed by atoms with E-state index < -0.39 is 12.6 Å². The van der Waals surface area contributed by atoms with E-state index in [9.17, 15) is 4.79 Å². The van der Waals surface area contributed by atoms with Gasteiger partial charge in [0.25, 0.3) is 0 Å². The van der Waals surface area contributed by atoms with E-state index in [1.165, 1.54) is 6.21 Å². The van der Waals surface area contributed by atoms with Crippen LogP contribution in [0.4, 0.5) is 0 Å². The summed E-state index contributed by atoms with van der Waals surface area (Å²) in [4.78, 5) is 15.2. The SMILES string of the molecule is O=C(O)CON=Cc1ccc(OCc2cccc(Cl)c2)c(OCc2cccc(Cl)c2)c1. The molecule has 3 aromatic rings. The van der Waals surface area contributed by atoms with E-state index >= 15 is 0 Å². The molecule has 0 fully saturated rings. The Morgan fingerprint density at radius 1 is 0.871 bits per heavy atom. The molecule has 0 aliphatic heterocycles. The van der Waals surface area contributed by atoms with Crippen LogP contribution in [0.25, 0.3) is 0 Å². The van der Waals surface area contributed by atoms with Gasteiger partial charge in [-0.25, -0.2) is 4.79 Å². The van der Waals surface area contributed by atoms with Gasteiger partial charge in [0.2, 0.25) is 6.61 Å². The summed E-state index contributed by atoms with van der Waals surface area (Å²) in [5.74, 6) is -0.0812. The van der Waals surface area contributed by atoms with Gasteiger partial charge in [0.15, 0.2) is 11.5 Å². The summed E-state index contributed by atoms with van der Waals surface area (Å²) in [6.45, 7) is 0.0723. The van der Waals surface area contributed by atoms with Crippen molar-refractivity contribution in [1.29, 1.82) is 0 Å². The molecule has 0 unspecified atom stereocenters. The van der Waals surface area contributed by atoms with E-state index in [-0.39, 0.29) is 6.61 Å². The average Bonchev–Trinajstić information content (AvgIpc) is 2.74. The first-order valence-electron chi connectivity index (χ1n) is 9.25. The molecule has 0 aromatic heterocycles. The molecule has 160 valence electrons. The van der Waals surface area contributed by atoms with Crippen molar-refractivity contribution in [2.45, 2.75) is 13.2 Å². The number of rotatable bonds is 10. The van der Waals surface area contributed by atoms with E-state index in [2.05, 4.69) is 5.16 Å². The number of carbonyl (C=O) groups is 1. The summed E-state index contributed by atoms with van der Waals surface area (Å²) < 4.78 is 11.9. The second-order valence-electron chi connectivity index (χ2n) is 6.45. The molecule has 0 spiro atoms. The van der Waals surface area contributed by atoms with Gasteiger partial charge < -0.3 is 19.4 Å². The summed E-state index contributed by atoms with van der Waals surface area (Å²) in [5.41, 5.74) is 2.47. The molecule has 0 heterocycles. The van der Waals surface area contributed by atoms with Crippen molar-refractivity contribution in [2.75, 3.05) is 6.61 Å². The molecule has 3 aromatic carbocycles. The fraction of sp³-hybridized carbons (Fsp3) is 0.130. The highest BCUT2D eigenvalue weighted by atomic mass is 35.5. The van der Waals surface area contributed by atoms with Gasteiger partial charge in [-0.2, -0.15) is 0 Å². The summed E-state index contributed by atoms with van der Waals surface area (Å²) in [7, 11) is 0. The van der Waals surface area contributed by atoms with Crippen LogP contribution in [0, 0.1) is 0 Å². The Bertz CT molecular complexity index is 1070. The van der Waals surface area contributed by atoms with Crippen LogP contribution in [0.15, 0.2) is 71.9 Å². The Morgan fingerprint density at radius 3 is 2.06 bits per heavy atom. The highest BCUT2D eigenvalue weighted by molar-refractivity contribution is 6.30. The maximum atomic E-state index is 10.5. The smallest absolute Gasteiger partial charge is 0.344 e. The van der Waals surface area contributed by atoms with E-state index in [1.807, 2.05) is 36.4 Å². The van der Waals surface area contributed by atoms with Gasteiger partial charge in [0, 0.05) is 15.6 Å². The van der Waals surface area contributed by atoms with Gasteiger partial charge in [0.1, 0.15) is 13.2 Å². The van der Waals surface area contributed by atoms with Crippen molar-refractivity contribution < 1.29 is 24.2 Å². The van der Waals surface area contributed by atoms with Crippen molar-refractivity contribution >= 4 is 35.4 Å². The van der Waals surface area contributed by atoms with Crippen LogP contribution in [0.3, 0.4) is 0 Å². The van der Waals surface area contributed by atoms with Gasteiger partial charge in [-0.15, -0.1) is 0 Å². The number of oxime groups is 1. The van der Waals surface area contributed by atoms with E-state index in [4.69, 9.17) is 42.6 Å². The molecule has 0 saturated carbocycles. The topological polar surface area (TPSA) is 77.4 Å². The van der Waals surface area contributed by atoms with Crippen LogP contribution in [0.2, 0.25) is 10.0 Å². The summed E-state index contributed by atoms with van der Waals surface area (Å²) in [6.07, 6.45) is 1.40. The number of carboxylic acid groups (broad SMARTS) is 1. The predicted octanol–water partition coefficient (Wildman–Crippen LogP) is 5.59. The monoisotopic (exact) mass is 459 g/mol. The van der Waals surface area contributed by atoms with Gasteiger partial charge in [-0.3, -0.25) is 0 Å². The Balaban J connectivity index is 1.75. The second kappa shape index (κ2) is 11.2. The summed E-state index contributed by atoms with van der Waals surface area (Å²) >= 11 is 12.1. The largest absolute Gasteiger partial charge is 0.485 e. The lowest BCUT2D eigenvalue weighted by molar-refractivity contribution is -0.142. The predicted molar refractivity (Wildman–Crippen MR) is 119 cm³/mol. The highest BCUT2D eigenvalue weighted by Gasteiger charge is 2.09. The number of ether oxygens (including phenoxy) is 2. The Kier molecular flexibility index (Phi) is 8.15. The first kappa shape index (κ1) is 22.5. The first-order chi connectivity index (χ1) is 15.0. The maximum Gasteiger partial charge on any atom is 0.344 e. The molecular weight excluding hydrogens is 441 g/mol. The number of aliphatic carboxylic acids is 1. The minimum absolute atomic E-state index is 0.282. The Morgan fingerprint density at radius 2 is 1.48 bits per heavy atom. The fourth-order valence-electron chi connectivity index (χ4n) is 2.60. The number of hydrogen-bond acceptors (Lipinski definition) is 5. The lowest BCUT2D eigenvalue weighted by Gasteiger charge is -2.14. The number of nitrogens with zero attached hydrogens (tertiary/aromatic N) is 1. The normalized spacial score (nSPS) is 10.8. The minimum Gasteiger partial charge on any atom is -0.485 e. The molecule has 0 bridgehead atoms. The van der Waals surface area contributed by atoms with Crippen LogP contribution < -0.4 is 9.47 Å². The zero-order valence-electron chi connectivity index (χ0n) is 16.3. The third kappa shape index (κ3) is 7.51. The number of benzene rings is 3. The molecule has 0 saturated heterocycles. The number of carboxylic acids is 1. The minimum atomic E-state index is -1.10. The molecule has 0 amide bonds. The molecular formula is C23H19Cl2NO5. The van der Waals surface area contributed by atoms with Crippen molar-refractivity contribution in [3.05, 3.63) is 93.5 Å². The van der Waals surface area contributed by atoms with Gasteiger partial charge >= 0.3 is 5.97 Å². The molecule has 0 aliphatic carbocycles. The summed E-state index contributed by atoms with van der Waals surface area (Å²) in [6, 6.07) is 20.0.